The van der Waals surface area contributed by atoms with Crippen LogP contribution in [0, 0.1) is 157 Å². The molecule has 0 amide bonds. The van der Waals surface area contributed by atoms with Crippen molar-refractivity contribution in [3.8, 4) is 34.2 Å². The van der Waals surface area contributed by atoms with Gasteiger partial charge in [0.1, 0.15) is 17.5 Å². The molecule has 1 heterocycles. The van der Waals surface area contributed by atoms with Crippen LogP contribution in [0.15, 0.2) is 0 Å². The molecule has 0 aliphatic carbocycles. The van der Waals surface area contributed by atoms with Gasteiger partial charge in [-0.1, -0.05) is 0 Å². The number of halogens is 27. The predicted octanol–water partition coefficient (Wildman–Crippen LogP) is 15.5. The summed E-state index contributed by atoms with van der Waals surface area (Å²) in [5, 5.41) is -31.1. The fourth-order valence-electron chi connectivity index (χ4n) is 8.57. The van der Waals surface area contributed by atoms with Gasteiger partial charge in [-0.2, -0.15) is 0 Å². The van der Waals surface area contributed by atoms with Gasteiger partial charge in [-0.3, -0.25) is 0 Å². The minimum absolute atomic E-state index is 2.52. The minimum Gasteiger partial charge on any atom is -0.208 e. The molecule has 384 valence electrons. The Bertz CT molecular complexity index is 3740. The average Bonchev–Trinajstić information content (AvgIpc) is 3.38. The number of fused-ring (bicyclic) bond motifs is 6. The standard InChI is InChI=1S/C45F27N3/c46-16-10-1(19(49)31(61)37(67)25(10)55)7(2-11(16)26(56)38(68)32(62)20(2)50)43-73-44(8-3-12(27(57)39(69)33(63)21(3)51)17(47)13-4(8)22(52)34(64)40(70)28(13)58)75-45(74-43)9-5-14(29(59)41(71)35(65)23(5)53)18(48)15-6(9)24(54)36(66)42(72)30(15)60. The summed E-state index contributed by atoms with van der Waals surface area (Å²) >= 11 is 0. The van der Waals surface area contributed by atoms with E-state index in [4.69, 9.17) is 0 Å². The number of hydrogen-bond acceptors (Lipinski definition) is 3. The van der Waals surface area contributed by atoms with Crippen LogP contribution in [0.4, 0.5) is 119 Å². The van der Waals surface area contributed by atoms with E-state index in [1.54, 1.807) is 0 Å². The number of hydrogen-bond donors (Lipinski definition) is 0. The average molecular weight is 1100 g/mol. The topological polar surface area (TPSA) is 38.7 Å². The molecule has 0 aliphatic heterocycles. The van der Waals surface area contributed by atoms with Gasteiger partial charge in [0.2, 0.25) is 0 Å². The molecule has 75 heavy (non-hydrogen) atoms. The molecule has 0 saturated carbocycles. The van der Waals surface area contributed by atoms with Crippen molar-refractivity contribution >= 4 is 64.6 Å². The Morgan fingerprint density at radius 3 is 0.347 bits per heavy atom. The number of nitrogens with zero attached hydrogens (tertiary/aromatic N) is 3. The van der Waals surface area contributed by atoms with Crippen LogP contribution in [-0.2, 0) is 0 Å². The highest BCUT2D eigenvalue weighted by molar-refractivity contribution is 6.17. The molecule has 0 radical (unpaired) electrons. The quantitative estimate of drug-likeness (QED) is 0.0766. The zero-order chi connectivity index (χ0) is 55.1. The van der Waals surface area contributed by atoms with E-state index in [0.29, 0.717) is 0 Å². The summed E-state index contributed by atoms with van der Waals surface area (Å²) in [4.78, 5) is 9.62. The van der Waals surface area contributed by atoms with Crippen molar-refractivity contribution in [1.29, 1.82) is 0 Å². The maximum absolute atomic E-state index is 16.3. The van der Waals surface area contributed by atoms with Crippen LogP contribution in [0.3, 0.4) is 0 Å². The highest BCUT2D eigenvalue weighted by Gasteiger charge is 2.40. The first-order chi connectivity index (χ1) is 35.0. The van der Waals surface area contributed by atoms with E-state index in [2.05, 4.69) is 15.0 Å². The summed E-state index contributed by atoms with van der Waals surface area (Å²) < 4.78 is 421. The molecule has 0 atom stereocenters. The monoisotopic (exact) mass is 1090 g/mol. The fraction of sp³-hybridized carbons (Fsp3) is 0. The molecule has 1 aromatic heterocycles. The molecule has 0 saturated heterocycles. The molecule has 10 rings (SSSR count). The zero-order valence-corrected chi connectivity index (χ0v) is 34.0. The molecule has 9 aromatic carbocycles. The molecule has 0 unspecified atom stereocenters. The van der Waals surface area contributed by atoms with Crippen molar-refractivity contribution in [2.24, 2.45) is 0 Å². The Kier molecular flexibility index (Phi) is 10.9. The van der Waals surface area contributed by atoms with E-state index in [1.165, 1.54) is 0 Å². The van der Waals surface area contributed by atoms with Gasteiger partial charge >= 0.3 is 0 Å². The maximum Gasteiger partial charge on any atom is 0.198 e. The van der Waals surface area contributed by atoms with Crippen LogP contribution in [0.1, 0.15) is 0 Å². The summed E-state index contributed by atoms with van der Waals surface area (Å²) in [6.07, 6.45) is 0. The van der Waals surface area contributed by atoms with Crippen molar-refractivity contribution in [3.63, 3.8) is 0 Å². The summed E-state index contributed by atoms with van der Waals surface area (Å²) in [5.74, 6) is -91.9. The minimum atomic E-state index is -3.20. The molecule has 0 fully saturated rings. The molecule has 0 N–H and O–H groups in total. The Labute approximate surface area is 389 Å². The van der Waals surface area contributed by atoms with Crippen LogP contribution in [0.25, 0.3) is 98.8 Å². The third kappa shape index (κ3) is 6.17. The summed E-state index contributed by atoms with van der Waals surface area (Å²) in [5.41, 5.74) is -7.57. The second-order valence-electron chi connectivity index (χ2n) is 15.4. The van der Waals surface area contributed by atoms with E-state index in [-0.39, 0.29) is 0 Å². The lowest BCUT2D eigenvalue weighted by molar-refractivity contribution is 0.413. The zero-order valence-electron chi connectivity index (χ0n) is 34.0. The smallest absolute Gasteiger partial charge is 0.198 e. The highest BCUT2D eigenvalue weighted by Crippen LogP contribution is 2.50. The number of aromatic nitrogens is 3. The van der Waals surface area contributed by atoms with E-state index in [1.807, 2.05) is 0 Å². The third-order valence-corrected chi connectivity index (χ3v) is 11.7. The predicted molar refractivity (Wildman–Crippen MR) is 200 cm³/mol. The van der Waals surface area contributed by atoms with Gasteiger partial charge in [-0.25, -0.2) is 133 Å². The molecule has 0 bridgehead atoms. The summed E-state index contributed by atoms with van der Waals surface area (Å²) in [7, 11) is 0. The van der Waals surface area contributed by atoms with Crippen molar-refractivity contribution < 1.29 is 119 Å². The number of rotatable bonds is 3. The molecule has 10 aromatic rings. The Morgan fingerprint density at radius 1 is 0.120 bits per heavy atom. The normalized spacial score (nSPS) is 12.2. The van der Waals surface area contributed by atoms with E-state index in [0.717, 1.165) is 0 Å². The first-order valence-corrected chi connectivity index (χ1v) is 19.2. The van der Waals surface area contributed by atoms with Gasteiger partial charge in [0.15, 0.2) is 157 Å². The van der Waals surface area contributed by atoms with Gasteiger partial charge in [-0.15, -0.1) is 0 Å². The highest BCUT2D eigenvalue weighted by atomic mass is 19.2. The molecule has 0 spiro atoms. The Morgan fingerprint density at radius 2 is 0.227 bits per heavy atom. The van der Waals surface area contributed by atoms with E-state index < -0.39 is 256 Å². The van der Waals surface area contributed by atoms with Gasteiger partial charge in [-0.05, 0) is 0 Å². The Hall–Kier alpha value is -8.34. The van der Waals surface area contributed by atoms with Crippen LogP contribution in [0.5, 0.6) is 0 Å². The Balaban J connectivity index is 1.62. The van der Waals surface area contributed by atoms with Crippen molar-refractivity contribution in [3.05, 3.63) is 157 Å². The molecular weight excluding hydrogens is 1100 g/mol. The largest absolute Gasteiger partial charge is 0.208 e. The lowest BCUT2D eigenvalue weighted by Crippen LogP contribution is -2.11. The lowest BCUT2D eigenvalue weighted by atomic mass is 9.91. The first kappa shape index (κ1) is 50.2. The van der Waals surface area contributed by atoms with Gasteiger partial charge in [0, 0.05) is 49.0 Å². The van der Waals surface area contributed by atoms with E-state index >= 15 is 92.2 Å². The van der Waals surface area contributed by atoms with Crippen molar-refractivity contribution in [2.45, 2.75) is 0 Å². The summed E-state index contributed by atoms with van der Waals surface area (Å²) in [6.45, 7) is 0. The van der Waals surface area contributed by atoms with Crippen molar-refractivity contribution in [1.82, 2.24) is 15.0 Å². The maximum atomic E-state index is 16.3. The molecule has 30 heteroatoms. The second-order valence-corrected chi connectivity index (χ2v) is 15.4. The van der Waals surface area contributed by atoms with Gasteiger partial charge in [0.25, 0.3) is 0 Å². The molecular formula is C45F27N3. The number of benzene rings is 9. The van der Waals surface area contributed by atoms with Crippen LogP contribution in [0.2, 0.25) is 0 Å². The summed E-state index contributed by atoms with van der Waals surface area (Å²) in [6, 6.07) is 0. The molecule has 0 aliphatic rings. The van der Waals surface area contributed by atoms with Crippen LogP contribution >= 0.6 is 0 Å². The SMILES string of the molecule is Fc1c(F)c(F)c2c(-c3nc(-c4c5c(F)c(F)c(F)c(F)c5c(F)c5c(F)c(F)c(F)c(F)c45)nc(-c4c5c(F)c(F)c(F)c(F)c5c(F)c5c(F)c(F)c(F)c(F)c45)n3)c3c(F)c(F)c(F)c(F)c3c(F)c2c1F. The molecule has 3 nitrogen and oxygen atoms in total. The first-order valence-electron chi connectivity index (χ1n) is 19.2. The fourth-order valence-corrected chi connectivity index (χ4v) is 8.57. The van der Waals surface area contributed by atoms with Gasteiger partial charge < -0.3 is 0 Å². The van der Waals surface area contributed by atoms with Crippen LogP contribution < -0.4 is 0 Å². The second kappa shape index (κ2) is 16.3. The third-order valence-electron chi connectivity index (χ3n) is 11.7. The van der Waals surface area contributed by atoms with Gasteiger partial charge in [0.05, 0.1) is 32.3 Å². The van der Waals surface area contributed by atoms with E-state index in [9.17, 15) is 26.3 Å². The van der Waals surface area contributed by atoms with Crippen LogP contribution in [-0.4, -0.2) is 15.0 Å². The lowest BCUT2D eigenvalue weighted by Gasteiger charge is -2.20. The van der Waals surface area contributed by atoms with Crippen molar-refractivity contribution in [2.75, 3.05) is 0 Å².